The highest BCUT2D eigenvalue weighted by Gasteiger charge is 2.10. The molecule has 0 amide bonds. The fourth-order valence-corrected chi connectivity index (χ4v) is 2.03. The molecule has 0 fully saturated rings. The number of aromatic nitrogens is 1. The predicted molar refractivity (Wildman–Crippen MR) is 77.2 cm³/mol. The maximum atomic E-state index is 9.07. The third kappa shape index (κ3) is 2.50. The molecular weight excluding hydrogens is 253 g/mol. The van der Waals surface area contributed by atoms with E-state index >= 15 is 0 Å². The lowest BCUT2D eigenvalue weighted by molar-refractivity contribution is 0.426. The molecule has 0 spiro atoms. The van der Waals surface area contributed by atoms with Gasteiger partial charge in [0.25, 0.3) is 0 Å². The zero-order valence-electron chi connectivity index (χ0n) is 10.6. The minimum absolute atomic E-state index is 0.479. The van der Waals surface area contributed by atoms with Crippen molar-refractivity contribution < 1.29 is 14.5 Å². The standard InChI is InChI=1S/C15H12BNO3/c18-16(19)14-7-5-12(6-8-14)11-1-3-13(4-2-11)15-9-17-10-20-15/h1-10,18-19H. The van der Waals surface area contributed by atoms with E-state index in [1.807, 2.05) is 36.4 Å². The number of oxazole rings is 1. The fourth-order valence-electron chi connectivity index (χ4n) is 2.03. The minimum atomic E-state index is -1.43. The molecule has 1 aromatic heterocycles. The summed E-state index contributed by atoms with van der Waals surface area (Å²) in [4.78, 5) is 3.89. The van der Waals surface area contributed by atoms with Gasteiger partial charge in [0.05, 0.1) is 6.20 Å². The van der Waals surface area contributed by atoms with E-state index in [0.717, 1.165) is 22.5 Å². The third-order valence-corrected chi connectivity index (χ3v) is 3.14. The molecular formula is C15H12BNO3. The van der Waals surface area contributed by atoms with Gasteiger partial charge < -0.3 is 14.5 Å². The maximum Gasteiger partial charge on any atom is 0.488 e. The number of rotatable bonds is 3. The Labute approximate surface area is 116 Å². The summed E-state index contributed by atoms with van der Waals surface area (Å²) >= 11 is 0. The van der Waals surface area contributed by atoms with Gasteiger partial charge in [-0.2, -0.15) is 0 Å². The van der Waals surface area contributed by atoms with E-state index in [1.54, 1.807) is 18.3 Å². The van der Waals surface area contributed by atoms with Gasteiger partial charge >= 0.3 is 7.12 Å². The molecule has 3 rings (SSSR count). The van der Waals surface area contributed by atoms with E-state index < -0.39 is 7.12 Å². The molecule has 2 N–H and O–H groups in total. The minimum Gasteiger partial charge on any atom is -0.444 e. The van der Waals surface area contributed by atoms with Crippen LogP contribution >= 0.6 is 0 Å². The molecule has 0 atom stereocenters. The van der Waals surface area contributed by atoms with Crippen LogP contribution in [0.3, 0.4) is 0 Å². The van der Waals surface area contributed by atoms with Gasteiger partial charge in [-0.05, 0) is 16.6 Å². The molecule has 2 aromatic carbocycles. The molecule has 5 heteroatoms. The Balaban J connectivity index is 1.87. The maximum absolute atomic E-state index is 9.07. The second kappa shape index (κ2) is 5.32. The molecule has 4 nitrogen and oxygen atoms in total. The van der Waals surface area contributed by atoms with E-state index in [0.29, 0.717) is 5.46 Å². The van der Waals surface area contributed by atoms with Gasteiger partial charge in [-0.3, -0.25) is 0 Å². The van der Waals surface area contributed by atoms with Gasteiger partial charge in [-0.15, -0.1) is 0 Å². The average Bonchev–Trinajstić information content (AvgIpc) is 3.02. The van der Waals surface area contributed by atoms with E-state index in [4.69, 9.17) is 14.5 Å². The second-order valence-corrected chi connectivity index (χ2v) is 4.44. The summed E-state index contributed by atoms with van der Waals surface area (Å²) in [6.07, 6.45) is 3.08. The molecule has 1 heterocycles. The van der Waals surface area contributed by atoms with E-state index in [1.165, 1.54) is 6.39 Å². The molecule has 0 aliphatic heterocycles. The molecule has 0 aliphatic carbocycles. The first-order valence-electron chi connectivity index (χ1n) is 6.19. The molecule has 0 unspecified atom stereocenters. The Morgan fingerprint density at radius 3 is 1.85 bits per heavy atom. The number of hydrogen-bond acceptors (Lipinski definition) is 4. The van der Waals surface area contributed by atoms with Crippen molar-refractivity contribution in [1.82, 2.24) is 4.98 Å². The highest BCUT2D eigenvalue weighted by molar-refractivity contribution is 6.58. The Kier molecular flexibility index (Phi) is 3.37. The first kappa shape index (κ1) is 12.7. The van der Waals surface area contributed by atoms with Gasteiger partial charge in [-0.1, -0.05) is 48.5 Å². The summed E-state index contributed by atoms with van der Waals surface area (Å²) in [7, 11) is -1.43. The summed E-state index contributed by atoms with van der Waals surface area (Å²) in [6, 6.07) is 15.0. The molecule has 0 radical (unpaired) electrons. The summed E-state index contributed by atoms with van der Waals surface area (Å²) in [5.74, 6) is 0.732. The van der Waals surface area contributed by atoms with Crippen molar-refractivity contribution in [3.63, 3.8) is 0 Å². The second-order valence-electron chi connectivity index (χ2n) is 4.44. The highest BCUT2D eigenvalue weighted by atomic mass is 16.4. The smallest absolute Gasteiger partial charge is 0.444 e. The van der Waals surface area contributed by atoms with E-state index in [9.17, 15) is 0 Å². The van der Waals surface area contributed by atoms with Crippen molar-refractivity contribution in [2.45, 2.75) is 0 Å². The van der Waals surface area contributed by atoms with Crippen LogP contribution in [0, 0.1) is 0 Å². The van der Waals surface area contributed by atoms with Gasteiger partial charge in [0.15, 0.2) is 12.2 Å². The lowest BCUT2D eigenvalue weighted by atomic mass is 9.80. The fraction of sp³-hybridized carbons (Fsp3) is 0. The Morgan fingerprint density at radius 1 is 0.800 bits per heavy atom. The Hall–Kier alpha value is -2.37. The summed E-state index contributed by atoms with van der Waals surface area (Å²) in [6.45, 7) is 0. The van der Waals surface area contributed by atoms with Gasteiger partial charge in [-0.25, -0.2) is 4.98 Å². The van der Waals surface area contributed by atoms with Crippen LogP contribution in [0.25, 0.3) is 22.5 Å². The largest absolute Gasteiger partial charge is 0.488 e. The van der Waals surface area contributed by atoms with Crippen LogP contribution in [0.5, 0.6) is 0 Å². The van der Waals surface area contributed by atoms with Crippen molar-refractivity contribution in [3.8, 4) is 22.5 Å². The normalized spacial score (nSPS) is 10.5. The number of benzene rings is 2. The predicted octanol–water partition coefficient (Wildman–Crippen LogP) is 1.69. The van der Waals surface area contributed by atoms with Crippen LogP contribution in [0.15, 0.2) is 65.5 Å². The van der Waals surface area contributed by atoms with E-state index in [2.05, 4.69) is 4.98 Å². The molecule has 3 aromatic rings. The SMILES string of the molecule is OB(O)c1ccc(-c2ccc(-c3cnco3)cc2)cc1. The molecule has 0 saturated carbocycles. The molecule has 0 saturated heterocycles. The molecule has 98 valence electrons. The monoisotopic (exact) mass is 265 g/mol. The lowest BCUT2D eigenvalue weighted by Crippen LogP contribution is -2.29. The van der Waals surface area contributed by atoms with Crippen LogP contribution < -0.4 is 5.46 Å². The first-order chi connectivity index (χ1) is 9.74. The number of hydrogen-bond donors (Lipinski definition) is 2. The molecule has 0 bridgehead atoms. The van der Waals surface area contributed by atoms with Crippen molar-refractivity contribution in [2.24, 2.45) is 0 Å². The first-order valence-corrected chi connectivity index (χ1v) is 6.19. The van der Waals surface area contributed by atoms with Crippen LogP contribution in [-0.4, -0.2) is 22.2 Å². The topological polar surface area (TPSA) is 66.5 Å². The molecule has 0 aliphatic rings. The number of nitrogens with zero attached hydrogens (tertiary/aromatic N) is 1. The zero-order chi connectivity index (χ0) is 13.9. The van der Waals surface area contributed by atoms with Crippen LogP contribution in [0.1, 0.15) is 0 Å². The summed E-state index contributed by atoms with van der Waals surface area (Å²) < 4.78 is 5.24. The van der Waals surface area contributed by atoms with E-state index in [-0.39, 0.29) is 0 Å². The van der Waals surface area contributed by atoms with Gasteiger partial charge in [0.2, 0.25) is 0 Å². The summed E-state index contributed by atoms with van der Waals surface area (Å²) in [5, 5.41) is 18.1. The quantitative estimate of drug-likeness (QED) is 0.707. The van der Waals surface area contributed by atoms with Crippen LogP contribution in [0.4, 0.5) is 0 Å². The lowest BCUT2D eigenvalue weighted by Gasteiger charge is -2.05. The summed E-state index contributed by atoms with van der Waals surface area (Å²) in [5.41, 5.74) is 3.51. The van der Waals surface area contributed by atoms with Crippen molar-refractivity contribution >= 4 is 12.6 Å². The van der Waals surface area contributed by atoms with Crippen molar-refractivity contribution in [1.29, 1.82) is 0 Å². The Morgan fingerprint density at radius 2 is 1.35 bits per heavy atom. The zero-order valence-corrected chi connectivity index (χ0v) is 10.6. The van der Waals surface area contributed by atoms with Crippen molar-refractivity contribution in [2.75, 3.05) is 0 Å². The average molecular weight is 265 g/mol. The van der Waals surface area contributed by atoms with Crippen LogP contribution in [0.2, 0.25) is 0 Å². The third-order valence-electron chi connectivity index (χ3n) is 3.14. The highest BCUT2D eigenvalue weighted by Crippen LogP contribution is 2.24. The molecule has 20 heavy (non-hydrogen) atoms. The Bertz CT molecular complexity index is 676. The van der Waals surface area contributed by atoms with Crippen molar-refractivity contribution in [3.05, 3.63) is 61.1 Å². The van der Waals surface area contributed by atoms with Crippen LogP contribution in [-0.2, 0) is 0 Å². The van der Waals surface area contributed by atoms with Gasteiger partial charge in [0.1, 0.15) is 0 Å². The van der Waals surface area contributed by atoms with Gasteiger partial charge in [0, 0.05) is 5.56 Å².